The van der Waals surface area contributed by atoms with Crippen LogP contribution in [0.1, 0.15) is 31.2 Å². The number of aromatic nitrogens is 1. The molecule has 2 aliphatic rings. The molecule has 160 valence electrons. The number of carbonyl (C=O) groups is 1. The van der Waals surface area contributed by atoms with Crippen LogP contribution in [0.25, 0.3) is 11.1 Å². The monoisotopic (exact) mass is 409 g/mol. The number of ether oxygens (including phenoxy) is 2. The minimum atomic E-state index is -0.303. The number of nitrogens with one attached hydrogen (secondary N) is 1. The molecular weight excluding hydrogens is 378 g/mol. The summed E-state index contributed by atoms with van der Waals surface area (Å²) in [6, 6.07) is 12.8. The fourth-order valence-electron chi connectivity index (χ4n) is 4.81. The molecule has 0 bridgehead atoms. The third-order valence-electron chi connectivity index (χ3n) is 6.22. The van der Waals surface area contributed by atoms with E-state index in [-0.39, 0.29) is 24.2 Å². The molecule has 1 aliphatic heterocycles. The van der Waals surface area contributed by atoms with Crippen LogP contribution in [-0.4, -0.2) is 60.8 Å². The van der Waals surface area contributed by atoms with Gasteiger partial charge in [0, 0.05) is 39.1 Å². The first kappa shape index (κ1) is 21.0. The first-order valence-corrected chi connectivity index (χ1v) is 10.8. The number of methoxy groups -OCH3 is 1. The van der Waals surface area contributed by atoms with Gasteiger partial charge in [0.1, 0.15) is 12.2 Å². The lowest BCUT2D eigenvalue weighted by atomic mass is 9.78. The molecule has 0 unspecified atom stereocenters. The Morgan fingerprint density at radius 1 is 1.27 bits per heavy atom. The highest BCUT2D eigenvalue weighted by Gasteiger charge is 2.45. The van der Waals surface area contributed by atoms with Gasteiger partial charge in [0.25, 0.3) is 0 Å². The molecule has 1 aromatic heterocycles. The minimum absolute atomic E-state index is 0.0415. The van der Waals surface area contributed by atoms with E-state index in [9.17, 15) is 4.79 Å². The molecule has 0 radical (unpaired) electrons. The maximum Gasteiger partial charge on any atom is 0.246 e. The molecule has 1 amide bonds. The van der Waals surface area contributed by atoms with Crippen molar-refractivity contribution in [1.29, 1.82) is 0 Å². The van der Waals surface area contributed by atoms with Crippen LogP contribution in [0, 0.1) is 0 Å². The summed E-state index contributed by atoms with van der Waals surface area (Å²) in [6.45, 7) is 3.41. The number of benzene rings is 1. The quantitative estimate of drug-likeness (QED) is 0.795. The molecular formula is C24H31N3O3. The van der Waals surface area contributed by atoms with Gasteiger partial charge in [-0.2, -0.15) is 0 Å². The molecule has 4 rings (SSSR count). The van der Waals surface area contributed by atoms with Crippen molar-refractivity contribution >= 4 is 5.91 Å². The first-order chi connectivity index (χ1) is 14.7. The van der Waals surface area contributed by atoms with E-state index in [4.69, 9.17) is 9.47 Å². The van der Waals surface area contributed by atoms with E-state index in [2.05, 4.69) is 39.5 Å². The predicted octanol–water partition coefficient (Wildman–Crippen LogP) is 3.02. The van der Waals surface area contributed by atoms with Crippen molar-refractivity contribution in [2.24, 2.45) is 0 Å². The van der Waals surface area contributed by atoms with Crippen LogP contribution in [-0.2, 0) is 20.8 Å². The SMILES string of the molecule is COCC(=O)N[C@H]1CCCC[C@@]12CN(Cc1cccc(-c3ccncc3)c1)CCO2. The third kappa shape index (κ3) is 4.89. The summed E-state index contributed by atoms with van der Waals surface area (Å²) in [5.74, 6) is -0.0606. The number of hydrogen-bond acceptors (Lipinski definition) is 5. The van der Waals surface area contributed by atoms with Gasteiger partial charge < -0.3 is 14.8 Å². The second kappa shape index (κ2) is 9.69. The van der Waals surface area contributed by atoms with Crippen LogP contribution < -0.4 is 5.32 Å². The number of amides is 1. The van der Waals surface area contributed by atoms with Crippen LogP contribution in [0.5, 0.6) is 0 Å². The average Bonchev–Trinajstić information content (AvgIpc) is 2.77. The van der Waals surface area contributed by atoms with Gasteiger partial charge in [-0.25, -0.2) is 0 Å². The Morgan fingerprint density at radius 2 is 2.13 bits per heavy atom. The second-order valence-electron chi connectivity index (χ2n) is 8.36. The molecule has 1 aliphatic carbocycles. The van der Waals surface area contributed by atoms with E-state index in [1.54, 1.807) is 7.11 Å². The zero-order chi connectivity index (χ0) is 20.8. The van der Waals surface area contributed by atoms with Gasteiger partial charge in [0.2, 0.25) is 5.91 Å². The third-order valence-corrected chi connectivity index (χ3v) is 6.22. The molecule has 2 fully saturated rings. The summed E-state index contributed by atoms with van der Waals surface area (Å²) >= 11 is 0. The van der Waals surface area contributed by atoms with E-state index in [1.807, 2.05) is 24.5 Å². The average molecular weight is 410 g/mol. The predicted molar refractivity (Wildman–Crippen MR) is 116 cm³/mol. The number of nitrogens with zero attached hydrogens (tertiary/aromatic N) is 2. The van der Waals surface area contributed by atoms with Crippen molar-refractivity contribution in [3.63, 3.8) is 0 Å². The van der Waals surface area contributed by atoms with Gasteiger partial charge in [-0.1, -0.05) is 31.0 Å². The zero-order valence-electron chi connectivity index (χ0n) is 17.7. The van der Waals surface area contributed by atoms with Crippen molar-refractivity contribution in [2.75, 3.05) is 33.4 Å². The van der Waals surface area contributed by atoms with E-state index in [0.29, 0.717) is 6.61 Å². The molecule has 1 aromatic carbocycles. The Labute approximate surface area is 178 Å². The highest BCUT2D eigenvalue weighted by Crippen LogP contribution is 2.35. The molecule has 1 saturated heterocycles. The maximum absolute atomic E-state index is 12.2. The van der Waals surface area contributed by atoms with Crippen LogP contribution in [0.15, 0.2) is 48.8 Å². The van der Waals surface area contributed by atoms with Crippen molar-refractivity contribution in [3.8, 4) is 11.1 Å². The topological polar surface area (TPSA) is 63.7 Å². The molecule has 2 aromatic rings. The minimum Gasteiger partial charge on any atom is -0.375 e. The van der Waals surface area contributed by atoms with Gasteiger partial charge in [0.05, 0.1) is 12.6 Å². The van der Waals surface area contributed by atoms with Crippen molar-refractivity contribution < 1.29 is 14.3 Å². The highest BCUT2D eigenvalue weighted by atomic mass is 16.5. The number of carbonyl (C=O) groups excluding carboxylic acids is 1. The number of hydrogen-bond donors (Lipinski definition) is 1. The van der Waals surface area contributed by atoms with E-state index in [1.165, 1.54) is 16.7 Å². The Balaban J connectivity index is 1.46. The normalized spacial score (nSPS) is 24.6. The first-order valence-electron chi connectivity index (χ1n) is 10.8. The Morgan fingerprint density at radius 3 is 2.97 bits per heavy atom. The van der Waals surface area contributed by atoms with Crippen molar-refractivity contribution in [2.45, 2.75) is 43.9 Å². The molecule has 6 heteroatoms. The largest absolute Gasteiger partial charge is 0.375 e. The summed E-state index contributed by atoms with van der Waals surface area (Å²) in [7, 11) is 1.55. The summed E-state index contributed by atoms with van der Waals surface area (Å²) in [5.41, 5.74) is 3.37. The molecule has 1 spiro atoms. The lowest BCUT2D eigenvalue weighted by molar-refractivity contribution is -0.152. The summed E-state index contributed by atoms with van der Waals surface area (Å²) < 4.78 is 11.4. The van der Waals surface area contributed by atoms with Gasteiger partial charge in [-0.05, 0) is 47.7 Å². The summed E-state index contributed by atoms with van der Waals surface area (Å²) in [4.78, 5) is 18.8. The molecule has 2 atom stereocenters. The number of pyridine rings is 1. The van der Waals surface area contributed by atoms with Crippen LogP contribution in [0.2, 0.25) is 0 Å². The molecule has 1 N–H and O–H groups in total. The van der Waals surface area contributed by atoms with Gasteiger partial charge in [0.15, 0.2) is 0 Å². The van der Waals surface area contributed by atoms with Crippen LogP contribution >= 0.6 is 0 Å². The van der Waals surface area contributed by atoms with Crippen LogP contribution in [0.4, 0.5) is 0 Å². The fraction of sp³-hybridized carbons (Fsp3) is 0.500. The van der Waals surface area contributed by atoms with Crippen molar-refractivity contribution in [1.82, 2.24) is 15.2 Å². The van der Waals surface area contributed by atoms with Crippen molar-refractivity contribution in [3.05, 3.63) is 54.4 Å². The fourth-order valence-corrected chi connectivity index (χ4v) is 4.81. The molecule has 1 saturated carbocycles. The van der Waals surface area contributed by atoms with E-state index in [0.717, 1.165) is 45.3 Å². The number of rotatable bonds is 6. The molecule has 30 heavy (non-hydrogen) atoms. The standard InChI is InChI=1S/C24H31N3O3/c1-29-17-23(28)26-22-7-2-3-10-24(22)18-27(13-14-30-24)16-19-5-4-6-21(15-19)20-8-11-25-12-9-20/h4-6,8-9,11-12,15,22H,2-3,7,10,13-14,16-18H2,1H3,(H,26,28)/t22-,24+/m0/s1. The van der Waals surface area contributed by atoms with E-state index >= 15 is 0 Å². The molecule has 2 heterocycles. The smallest absolute Gasteiger partial charge is 0.246 e. The molecule has 6 nitrogen and oxygen atoms in total. The number of morpholine rings is 1. The Hall–Kier alpha value is -2.28. The highest BCUT2D eigenvalue weighted by molar-refractivity contribution is 5.77. The van der Waals surface area contributed by atoms with Crippen LogP contribution in [0.3, 0.4) is 0 Å². The lowest BCUT2D eigenvalue weighted by Crippen LogP contribution is -2.64. The second-order valence-corrected chi connectivity index (χ2v) is 8.36. The maximum atomic E-state index is 12.2. The van der Waals surface area contributed by atoms with Gasteiger partial charge in [-0.3, -0.25) is 14.7 Å². The summed E-state index contributed by atoms with van der Waals surface area (Å²) in [5, 5.41) is 3.17. The van der Waals surface area contributed by atoms with E-state index < -0.39 is 0 Å². The Kier molecular flexibility index (Phi) is 6.77. The zero-order valence-corrected chi connectivity index (χ0v) is 17.7. The lowest BCUT2D eigenvalue weighted by Gasteiger charge is -2.49. The van der Waals surface area contributed by atoms with Gasteiger partial charge >= 0.3 is 0 Å². The summed E-state index contributed by atoms with van der Waals surface area (Å²) in [6.07, 6.45) is 7.86. The Bertz CT molecular complexity index is 841. The van der Waals surface area contributed by atoms with Gasteiger partial charge in [-0.15, -0.1) is 0 Å².